The molecular formula is C26H28N4O3S. The van der Waals surface area contributed by atoms with Crippen LogP contribution in [0.2, 0.25) is 0 Å². The lowest BCUT2D eigenvalue weighted by Crippen LogP contribution is -2.34. The number of aryl methyl sites for hydroxylation is 1. The Bertz CT molecular complexity index is 1190. The molecule has 34 heavy (non-hydrogen) atoms. The molecule has 0 fully saturated rings. The van der Waals surface area contributed by atoms with E-state index in [0.29, 0.717) is 31.4 Å². The monoisotopic (exact) mass is 476 g/mol. The first kappa shape index (κ1) is 23.8. The van der Waals surface area contributed by atoms with Crippen LogP contribution in [0.5, 0.6) is 0 Å². The summed E-state index contributed by atoms with van der Waals surface area (Å²) in [4.78, 5) is 15.0. The lowest BCUT2D eigenvalue weighted by Gasteiger charge is -2.22. The number of furan rings is 1. The maximum absolute atomic E-state index is 13.2. The van der Waals surface area contributed by atoms with Gasteiger partial charge in [0, 0.05) is 20.2 Å². The Balaban J connectivity index is 1.53. The number of amides is 1. The molecule has 2 aromatic heterocycles. The zero-order chi connectivity index (χ0) is 23.8. The van der Waals surface area contributed by atoms with Gasteiger partial charge in [0.1, 0.15) is 5.76 Å². The average molecular weight is 477 g/mol. The van der Waals surface area contributed by atoms with Gasteiger partial charge in [0.05, 0.1) is 30.7 Å². The van der Waals surface area contributed by atoms with Gasteiger partial charge in [-0.05, 0) is 24.1 Å². The number of carbonyl (C=O) groups is 1. The standard InChI is InChI=1S/C26H28N4O3S/c1-20-23(13-15-33-20)25-27-28-26(30(25)18-22-11-7-4-8-12-22)34-19-24(31)29(14-16-32-2)17-21-9-5-3-6-10-21/h3-13,15H,14,16-19H2,1-2H3. The van der Waals surface area contributed by atoms with E-state index >= 15 is 0 Å². The predicted octanol–water partition coefficient (Wildman–Crippen LogP) is 4.66. The molecule has 4 rings (SSSR count). The zero-order valence-corrected chi connectivity index (χ0v) is 20.2. The van der Waals surface area contributed by atoms with E-state index in [1.54, 1.807) is 13.4 Å². The second kappa shape index (κ2) is 11.7. The van der Waals surface area contributed by atoms with Crippen LogP contribution in [0.1, 0.15) is 16.9 Å². The van der Waals surface area contributed by atoms with Crippen molar-refractivity contribution in [2.45, 2.75) is 25.2 Å². The number of thioether (sulfide) groups is 1. The number of ether oxygens (including phenoxy) is 1. The number of hydrogen-bond donors (Lipinski definition) is 0. The van der Waals surface area contributed by atoms with Gasteiger partial charge >= 0.3 is 0 Å². The van der Waals surface area contributed by atoms with Crippen molar-refractivity contribution < 1.29 is 13.9 Å². The molecule has 7 nitrogen and oxygen atoms in total. The van der Waals surface area contributed by atoms with Crippen molar-refractivity contribution in [1.82, 2.24) is 19.7 Å². The molecule has 2 aromatic carbocycles. The van der Waals surface area contributed by atoms with Gasteiger partial charge in [-0.3, -0.25) is 9.36 Å². The van der Waals surface area contributed by atoms with Crippen molar-refractivity contribution in [1.29, 1.82) is 0 Å². The van der Waals surface area contributed by atoms with Crippen LogP contribution < -0.4 is 0 Å². The SMILES string of the molecule is COCCN(Cc1ccccc1)C(=O)CSc1nnc(-c2ccoc2C)n1Cc1ccccc1. The van der Waals surface area contributed by atoms with Crippen LogP contribution in [-0.2, 0) is 22.6 Å². The van der Waals surface area contributed by atoms with Crippen LogP contribution in [0.3, 0.4) is 0 Å². The quantitative estimate of drug-likeness (QED) is 0.293. The molecule has 0 atom stereocenters. The smallest absolute Gasteiger partial charge is 0.233 e. The van der Waals surface area contributed by atoms with Crippen molar-refractivity contribution in [3.63, 3.8) is 0 Å². The summed E-state index contributed by atoms with van der Waals surface area (Å²) in [5.41, 5.74) is 3.11. The van der Waals surface area contributed by atoms with Crippen LogP contribution >= 0.6 is 11.8 Å². The van der Waals surface area contributed by atoms with Gasteiger partial charge in [-0.15, -0.1) is 10.2 Å². The second-order valence-corrected chi connectivity index (χ2v) is 8.79. The van der Waals surface area contributed by atoms with Crippen LogP contribution in [0.25, 0.3) is 11.4 Å². The van der Waals surface area contributed by atoms with Gasteiger partial charge in [-0.25, -0.2) is 0 Å². The van der Waals surface area contributed by atoms with E-state index in [0.717, 1.165) is 28.3 Å². The third-order valence-electron chi connectivity index (χ3n) is 5.46. The Morgan fingerprint density at radius 3 is 2.38 bits per heavy atom. The molecule has 1 amide bonds. The van der Waals surface area contributed by atoms with Crippen molar-refractivity contribution in [2.75, 3.05) is 26.0 Å². The average Bonchev–Trinajstić information content (AvgIpc) is 3.46. The molecule has 0 radical (unpaired) electrons. The highest BCUT2D eigenvalue weighted by Crippen LogP contribution is 2.28. The summed E-state index contributed by atoms with van der Waals surface area (Å²) < 4.78 is 12.8. The number of benzene rings is 2. The maximum Gasteiger partial charge on any atom is 0.233 e. The third kappa shape index (κ3) is 5.95. The van der Waals surface area contributed by atoms with Crippen molar-refractivity contribution in [3.8, 4) is 11.4 Å². The lowest BCUT2D eigenvalue weighted by molar-refractivity contribution is -0.129. The highest BCUT2D eigenvalue weighted by atomic mass is 32.2. The molecule has 0 bridgehead atoms. The van der Waals surface area contributed by atoms with Gasteiger partial charge in [0.2, 0.25) is 5.91 Å². The Morgan fingerprint density at radius 2 is 1.74 bits per heavy atom. The third-order valence-corrected chi connectivity index (χ3v) is 6.41. The van der Waals surface area contributed by atoms with E-state index in [1.165, 1.54) is 11.8 Å². The number of nitrogens with zero attached hydrogens (tertiary/aromatic N) is 4. The van der Waals surface area contributed by atoms with Gasteiger partial charge in [-0.1, -0.05) is 72.4 Å². The van der Waals surface area contributed by atoms with Crippen LogP contribution in [0.4, 0.5) is 0 Å². The van der Waals surface area contributed by atoms with Gasteiger partial charge < -0.3 is 14.1 Å². The Labute approximate surface area is 203 Å². The summed E-state index contributed by atoms with van der Waals surface area (Å²) in [5, 5.41) is 9.56. The van der Waals surface area contributed by atoms with Gasteiger partial charge in [-0.2, -0.15) is 0 Å². The van der Waals surface area contributed by atoms with Crippen molar-refractivity contribution in [2.24, 2.45) is 0 Å². The molecule has 0 saturated carbocycles. The fraction of sp³-hybridized carbons (Fsp3) is 0.269. The summed E-state index contributed by atoms with van der Waals surface area (Å²) in [6.07, 6.45) is 1.65. The Kier molecular flexibility index (Phi) is 8.17. The normalized spacial score (nSPS) is 11.0. The molecule has 0 aliphatic heterocycles. The first-order valence-electron chi connectivity index (χ1n) is 11.1. The summed E-state index contributed by atoms with van der Waals surface area (Å²) in [5.74, 6) is 1.79. The van der Waals surface area contributed by atoms with Gasteiger partial charge in [0.25, 0.3) is 0 Å². The van der Waals surface area contributed by atoms with E-state index in [2.05, 4.69) is 22.3 Å². The van der Waals surface area contributed by atoms with Gasteiger partial charge in [0.15, 0.2) is 11.0 Å². The fourth-order valence-corrected chi connectivity index (χ4v) is 4.48. The number of hydrogen-bond acceptors (Lipinski definition) is 6. The lowest BCUT2D eigenvalue weighted by atomic mass is 10.2. The van der Waals surface area contributed by atoms with Crippen LogP contribution in [0.15, 0.2) is 82.6 Å². The number of rotatable bonds is 11. The molecule has 2 heterocycles. The van der Waals surface area contributed by atoms with E-state index in [9.17, 15) is 4.79 Å². The molecule has 8 heteroatoms. The highest BCUT2D eigenvalue weighted by molar-refractivity contribution is 7.99. The highest BCUT2D eigenvalue weighted by Gasteiger charge is 2.20. The molecule has 0 unspecified atom stereocenters. The summed E-state index contributed by atoms with van der Waals surface area (Å²) >= 11 is 1.40. The van der Waals surface area contributed by atoms with E-state index in [-0.39, 0.29) is 11.7 Å². The minimum Gasteiger partial charge on any atom is -0.469 e. The van der Waals surface area contributed by atoms with Crippen LogP contribution in [0, 0.1) is 6.92 Å². The van der Waals surface area contributed by atoms with E-state index in [1.807, 2.05) is 71.0 Å². The fourth-order valence-electron chi connectivity index (χ4n) is 3.63. The summed E-state index contributed by atoms with van der Waals surface area (Å²) in [6.45, 7) is 4.06. The maximum atomic E-state index is 13.2. The Hall–Kier alpha value is -3.36. The first-order chi connectivity index (χ1) is 16.7. The molecule has 0 N–H and O–H groups in total. The zero-order valence-electron chi connectivity index (χ0n) is 19.4. The topological polar surface area (TPSA) is 73.4 Å². The van der Waals surface area contributed by atoms with Crippen molar-refractivity contribution >= 4 is 17.7 Å². The minimum absolute atomic E-state index is 0.0289. The van der Waals surface area contributed by atoms with Crippen LogP contribution in [-0.4, -0.2) is 51.6 Å². The second-order valence-electron chi connectivity index (χ2n) is 7.85. The number of methoxy groups -OCH3 is 1. The molecule has 4 aromatic rings. The summed E-state index contributed by atoms with van der Waals surface area (Å²) in [6, 6.07) is 22.0. The molecule has 0 saturated heterocycles. The molecular weight excluding hydrogens is 448 g/mol. The van der Waals surface area contributed by atoms with E-state index < -0.39 is 0 Å². The first-order valence-corrected chi connectivity index (χ1v) is 12.1. The molecule has 0 spiro atoms. The molecule has 176 valence electrons. The largest absolute Gasteiger partial charge is 0.469 e. The number of carbonyl (C=O) groups excluding carboxylic acids is 1. The minimum atomic E-state index is 0.0289. The molecule has 0 aliphatic carbocycles. The molecule has 0 aliphatic rings. The van der Waals surface area contributed by atoms with Crippen molar-refractivity contribution in [3.05, 3.63) is 89.9 Å². The van der Waals surface area contributed by atoms with E-state index in [4.69, 9.17) is 9.15 Å². The predicted molar refractivity (Wildman–Crippen MR) is 132 cm³/mol. The summed E-state index contributed by atoms with van der Waals surface area (Å²) in [7, 11) is 1.64. The Morgan fingerprint density at radius 1 is 1.03 bits per heavy atom. The number of aromatic nitrogens is 3.